The first-order chi connectivity index (χ1) is 13.0. The van der Waals surface area contributed by atoms with Crippen LogP contribution in [0.4, 0.5) is 0 Å². The number of rotatable bonds is 3. The summed E-state index contributed by atoms with van der Waals surface area (Å²) in [5.41, 5.74) is 4.40. The predicted octanol–water partition coefficient (Wildman–Crippen LogP) is 3.13. The lowest BCUT2D eigenvalue weighted by molar-refractivity contribution is -0.139. The molecule has 1 saturated carbocycles. The number of carbonyl (C=O) groups is 2. The van der Waals surface area contributed by atoms with E-state index in [4.69, 9.17) is 5.21 Å². The third kappa shape index (κ3) is 3.21. The van der Waals surface area contributed by atoms with Gasteiger partial charge >= 0.3 is 0 Å². The Hall–Kier alpha value is -2.40. The molecule has 5 heteroatoms. The summed E-state index contributed by atoms with van der Waals surface area (Å²) in [6.45, 7) is 3.61. The molecule has 2 aliphatic carbocycles. The molecule has 2 amide bonds. The van der Waals surface area contributed by atoms with Crippen molar-refractivity contribution < 1.29 is 14.8 Å². The van der Waals surface area contributed by atoms with Gasteiger partial charge in [-0.2, -0.15) is 0 Å². The summed E-state index contributed by atoms with van der Waals surface area (Å²) in [5, 5.41) is 8.83. The summed E-state index contributed by atoms with van der Waals surface area (Å²) in [7, 11) is 0. The largest absolute Gasteiger partial charge is 0.338 e. The molecular weight excluding hydrogens is 340 g/mol. The molecule has 3 atom stereocenters. The molecule has 142 valence electrons. The molecule has 3 aliphatic rings. The first kappa shape index (κ1) is 18.0. The van der Waals surface area contributed by atoms with E-state index in [0.717, 1.165) is 32.2 Å². The number of carbonyl (C=O) groups excluding carboxylic acids is 2. The van der Waals surface area contributed by atoms with Gasteiger partial charge in [-0.25, -0.2) is 5.48 Å². The van der Waals surface area contributed by atoms with Crippen LogP contribution in [0, 0.1) is 24.2 Å². The molecule has 2 N–H and O–H groups in total. The molecule has 0 bridgehead atoms. The van der Waals surface area contributed by atoms with E-state index in [9.17, 15) is 9.59 Å². The lowest BCUT2D eigenvalue weighted by atomic mass is 9.63. The molecule has 2 fully saturated rings. The Morgan fingerprint density at radius 2 is 2.11 bits per heavy atom. The van der Waals surface area contributed by atoms with Gasteiger partial charge in [0.2, 0.25) is 5.91 Å². The summed E-state index contributed by atoms with van der Waals surface area (Å²) in [4.78, 5) is 26.9. The summed E-state index contributed by atoms with van der Waals surface area (Å²) < 4.78 is 0. The van der Waals surface area contributed by atoms with Crippen molar-refractivity contribution >= 4 is 11.8 Å². The zero-order chi connectivity index (χ0) is 19.0. The van der Waals surface area contributed by atoms with E-state index in [1.54, 1.807) is 11.6 Å². The van der Waals surface area contributed by atoms with Crippen molar-refractivity contribution in [1.29, 1.82) is 0 Å². The lowest BCUT2D eigenvalue weighted by Gasteiger charge is -2.40. The maximum atomic E-state index is 13.3. The van der Waals surface area contributed by atoms with Crippen LogP contribution in [-0.4, -0.2) is 28.5 Å². The third-order valence-corrected chi connectivity index (χ3v) is 6.64. The van der Waals surface area contributed by atoms with E-state index in [1.165, 1.54) is 11.1 Å². The van der Waals surface area contributed by atoms with Gasteiger partial charge in [0.25, 0.3) is 5.91 Å². The molecule has 5 nitrogen and oxygen atoms in total. The second-order valence-electron chi connectivity index (χ2n) is 8.18. The topological polar surface area (TPSA) is 69.6 Å². The molecule has 2 unspecified atom stereocenters. The van der Waals surface area contributed by atoms with Crippen LogP contribution in [0.3, 0.4) is 0 Å². The van der Waals surface area contributed by atoms with Crippen LogP contribution < -0.4 is 5.48 Å². The van der Waals surface area contributed by atoms with Crippen LogP contribution in [0.1, 0.15) is 36.8 Å². The highest BCUT2D eigenvalue weighted by molar-refractivity contribution is 5.95. The molecule has 0 radical (unpaired) electrons. The first-order valence-corrected chi connectivity index (χ1v) is 9.71. The van der Waals surface area contributed by atoms with Crippen LogP contribution in [0.2, 0.25) is 0 Å². The van der Waals surface area contributed by atoms with Crippen molar-refractivity contribution in [2.75, 3.05) is 6.54 Å². The van der Waals surface area contributed by atoms with E-state index < -0.39 is 5.91 Å². The zero-order valence-corrected chi connectivity index (χ0v) is 15.6. The lowest BCUT2D eigenvalue weighted by Crippen LogP contribution is -2.40. The highest BCUT2D eigenvalue weighted by Crippen LogP contribution is 2.51. The maximum absolute atomic E-state index is 13.3. The van der Waals surface area contributed by atoms with Gasteiger partial charge in [0.15, 0.2) is 0 Å². The zero-order valence-electron chi connectivity index (χ0n) is 15.6. The number of hydrogen-bond acceptors (Lipinski definition) is 3. The van der Waals surface area contributed by atoms with E-state index in [2.05, 4.69) is 19.1 Å². The van der Waals surface area contributed by atoms with E-state index in [-0.39, 0.29) is 17.3 Å². The second kappa shape index (κ2) is 6.97. The highest BCUT2D eigenvalue weighted by Gasteiger charge is 2.50. The van der Waals surface area contributed by atoms with Gasteiger partial charge in [-0.15, -0.1) is 0 Å². The Labute approximate surface area is 159 Å². The molecule has 1 aliphatic heterocycles. The van der Waals surface area contributed by atoms with Crippen molar-refractivity contribution in [3.05, 3.63) is 59.2 Å². The van der Waals surface area contributed by atoms with Crippen LogP contribution in [-0.2, 0) is 16.1 Å². The summed E-state index contributed by atoms with van der Waals surface area (Å²) in [6.07, 6.45) is 9.32. The number of nitrogens with one attached hydrogen (secondary N) is 1. The molecule has 1 aromatic rings. The molecule has 27 heavy (non-hydrogen) atoms. The van der Waals surface area contributed by atoms with Gasteiger partial charge in [-0.3, -0.25) is 14.8 Å². The Kier molecular flexibility index (Phi) is 4.64. The molecule has 1 spiro atoms. The van der Waals surface area contributed by atoms with Crippen LogP contribution in [0.5, 0.6) is 0 Å². The standard InChI is InChI=1S/C22H26N2O3/c1-15-4-2-3-5-19(15)14-24-11-10-22(21(24)26)9-8-16-12-17(20(25)23-27)6-7-18(16)13-22/h2-7,12,16,18,27H,8-11,13-14H2,1H3,(H,23,25)/t16?,18?,22-/m0/s1. The number of hydrogen-bond donors (Lipinski definition) is 2. The third-order valence-electron chi connectivity index (χ3n) is 6.64. The highest BCUT2D eigenvalue weighted by atomic mass is 16.5. The minimum Gasteiger partial charge on any atom is -0.338 e. The van der Waals surface area contributed by atoms with Crippen LogP contribution in [0.25, 0.3) is 0 Å². The number of benzene rings is 1. The number of nitrogens with zero attached hydrogens (tertiary/aromatic N) is 1. The molecule has 1 heterocycles. The number of aryl methyl sites for hydroxylation is 1. The minimum absolute atomic E-state index is 0.251. The van der Waals surface area contributed by atoms with Crippen LogP contribution in [0.15, 0.2) is 48.1 Å². The maximum Gasteiger partial charge on any atom is 0.274 e. The Morgan fingerprint density at radius 1 is 1.30 bits per heavy atom. The molecule has 1 aromatic carbocycles. The van der Waals surface area contributed by atoms with Crippen molar-refractivity contribution in [3.8, 4) is 0 Å². The number of amides is 2. The van der Waals surface area contributed by atoms with Gasteiger partial charge in [-0.05, 0) is 55.6 Å². The van der Waals surface area contributed by atoms with E-state index >= 15 is 0 Å². The smallest absolute Gasteiger partial charge is 0.274 e. The minimum atomic E-state index is -0.466. The van der Waals surface area contributed by atoms with Gasteiger partial charge in [-0.1, -0.05) is 42.5 Å². The molecular formula is C22H26N2O3. The normalized spacial score (nSPS) is 29.6. The predicted molar refractivity (Wildman–Crippen MR) is 102 cm³/mol. The fourth-order valence-electron chi connectivity index (χ4n) is 4.97. The van der Waals surface area contributed by atoms with Gasteiger partial charge in [0.05, 0.1) is 5.41 Å². The average Bonchev–Trinajstić information content (AvgIpc) is 2.98. The molecule has 0 aromatic heterocycles. The van der Waals surface area contributed by atoms with E-state index in [0.29, 0.717) is 18.0 Å². The number of fused-ring (bicyclic) bond motifs is 1. The monoisotopic (exact) mass is 366 g/mol. The second-order valence-corrected chi connectivity index (χ2v) is 8.18. The van der Waals surface area contributed by atoms with Crippen LogP contribution >= 0.6 is 0 Å². The SMILES string of the molecule is Cc1ccccc1CN1CC[C@]2(CCC3C=C(C(=O)NO)C=CC3C2)C1=O. The van der Waals surface area contributed by atoms with Gasteiger partial charge in [0, 0.05) is 18.7 Å². The van der Waals surface area contributed by atoms with Gasteiger partial charge in [0.1, 0.15) is 0 Å². The molecule has 1 saturated heterocycles. The Bertz CT molecular complexity index is 829. The summed E-state index contributed by atoms with van der Waals surface area (Å²) in [5.74, 6) is 0.384. The number of allylic oxidation sites excluding steroid dienone is 2. The quantitative estimate of drug-likeness (QED) is 0.638. The fourth-order valence-corrected chi connectivity index (χ4v) is 4.97. The average molecular weight is 366 g/mol. The number of likely N-dealkylation sites (tertiary alicyclic amines) is 1. The van der Waals surface area contributed by atoms with Crippen molar-refractivity contribution in [1.82, 2.24) is 10.4 Å². The Balaban J connectivity index is 1.46. The van der Waals surface area contributed by atoms with E-state index in [1.807, 2.05) is 29.2 Å². The fraction of sp³-hybridized carbons (Fsp3) is 0.455. The van der Waals surface area contributed by atoms with Gasteiger partial charge < -0.3 is 4.90 Å². The first-order valence-electron chi connectivity index (χ1n) is 9.71. The summed E-state index contributed by atoms with van der Waals surface area (Å²) in [6, 6.07) is 8.26. The molecule has 4 rings (SSSR count). The Morgan fingerprint density at radius 3 is 2.89 bits per heavy atom. The number of hydroxylamine groups is 1. The van der Waals surface area contributed by atoms with Crippen molar-refractivity contribution in [3.63, 3.8) is 0 Å². The van der Waals surface area contributed by atoms with Crippen molar-refractivity contribution in [2.45, 2.75) is 39.2 Å². The van der Waals surface area contributed by atoms with Crippen molar-refractivity contribution in [2.24, 2.45) is 17.3 Å². The summed E-state index contributed by atoms with van der Waals surface area (Å²) >= 11 is 0.